The summed E-state index contributed by atoms with van der Waals surface area (Å²) in [4.78, 5) is 16.5. The number of carbonyl (C=O) groups is 1. The molecule has 0 spiro atoms. The highest BCUT2D eigenvalue weighted by molar-refractivity contribution is 6.34. The van der Waals surface area contributed by atoms with E-state index in [9.17, 15) is 4.79 Å². The molecular formula is C19H30Cl2N4O. The van der Waals surface area contributed by atoms with Crippen LogP contribution in [0.25, 0.3) is 0 Å². The second kappa shape index (κ2) is 9.79. The molecule has 5 nitrogen and oxygen atoms in total. The zero-order valence-corrected chi connectivity index (χ0v) is 17.2. The highest BCUT2D eigenvalue weighted by Gasteiger charge is 2.27. The molecule has 2 N–H and O–H groups in total. The molecular weight excluding hydrogens is 371 g/mol. The molecule has 0 saturated carbocycles. The molecule has 1 amide bonds. The van der Waals surface area contributed by atoms with Gasteiger partial charge < -0.3 is 15.5 Å². The van der Waals surface area contributed by atoms with E-state index < -0.39 is 0 Å². The quantitative estimate of drug-likeness (QED) is 0.814. The fraction of sp³-hybridized carbons (Fsp3) is 0.632. The van der Waals surface area contributed by atoms with E-state index in [1.165, 1.54) is 32.2 Å². The number of hydrogen-bond donors (Lipinski definition) is 2. The van der Waals surface area contributed by atoms with Crippen LogP contribution < -0.4 is 10.6 Å². The maximum absolute atomic E-state index is 12.3. The lowest BCUT2D eigenvalue weighted by molar-refractivity contribution is 0.0828. The van der Waals surface area contributed by atoms with Gasteiger partial charge >= 0.3 is 0 Å². The summed E-state index contributed by atoms with van der Waals surface area (Å²) < 4.78 is 0. The van der Waals surface area contributed by atoms with E-state index >= 15 is 0 Å². The van der Waals surface area contributed by atoms with Crippen LogP contribution in [0.3, 0.4) is 0 Å². The molecule has 0 aromatic heterocycles. The fourth-order valence-electron chi connectivity index (χ4n) is 3.88. The highest BCUT2D eigenvalue weighted by atomic mass is 35.5. The normalized spacial score (nSPS) is 21.7. The van der Waals surface area contributed by atoms with Crippen molar-refractivity contribution < 1.29 is 4.79 Å². The van der Waals surface area contributed by atoms with Crippen molar-refractivity contribution in [2.45, 2.75) is 37.8 Å². The average Bonchev–Trinajstić information content (AvgIpc) is 2.63. The molecule has 1 aromatic carbocycles. The van der Waals surface area contributed by atoms with Crippen LogP contribution in [0.15, 0.2) is 18.2 Å². The summed E-state index contributed by atoms with van der Waals surface area (Å²) in [5.41, 5.74) is 1.54. The minimum absolute atomic E-state index is 0. The summed E-state index contributed by atoms with van der Waals surface area (Å²) in [6, 6.07) is 6.80. The molecule has 1 atom stereocenters. The topological polar surface area (TPSA) is 47.6 Å². The number of carbonyl (C=O) groups excluding carboxylic acids is 1. The lowest BCUT2D eigenvalue weighted by atomic mass is 9.98. The summed E-state index contributed by atoms with van der Waals surface area (Å²) in [5.74, 6) is -0.0615. The molecule has 7 heteroatoms. The van der Waals surface area contributed by atoms with Gasteiger partial charge in [-0.25, -0.2) is 0 Å². The lowest BCUT2D eigenvalue weighted by Crippen LogP contribution is -2.50. The smallest absolute Gasteiger partial charge is 0.254 e. The predicted octanol–water partition coefficient (Wildman–Crippen LogP) is 3.09. The van der Waals surface area contributed by atoms with Crippen molar-refractivity contribution in [3.05, 3.63) is 28.8 Å². The summed E-state index contributed by atoms with van der Waals surface area (Å²) in [6.07, 6.45) is 4.88. The van der Waals surface area contributed by atoms with Gasteiger partial charge in [-0.05, 0) is 63.5 Å². The van der Waals surface area contributed by atoms with E-state index in [1.54, 1.807) is 19.0 Å². The molecule has 3 rings (SSSR count). The number of amides is 1. The van der Waals surface area contributed by atoms with Gasteiger partial charge in [-0.2, -0.15) is 0 Å². The summed E-state index contributed by atoms with van der Waals surface area (Å²) in [5, 5.41) is 7.57. The number of piperidine rings is 2. The molecule has 0 aliphatic carbocycles. The number of halogens is 2. The van der Waals surface area contributed by atoms with E-state index in [2.05, 4.69) is 15.5 Å². The Morgan fingerprint density at radius 1 is 1.27 bits per heavy atom. The van der Waals surface area contributed by atoms with Gasteiger partial charge in [0.25, 0.3) is 5.91 Å². The number of nitrogens with zero attached hydrogens (tertiary/aromatic N) is 2. The first-order chi connectivity index (χ1) is 12.0. The molecule has 2 aliphatic heterocycles. The van der Waals surface area contributed by atoms with Crippen LogP contribution in [0.2, 0.25) is 5.02 Å². The first-order valence-electron chi connectivity index (χ1n) is 9.27. The molecule has 0 unspecified atom stereocenters. The third-order valence-electron chi connectivity index (χ3n) is 5.25. The average molecular weight is 401 g/mol. The third kappa shape index (κ3) is 5.26. The van der Waals surface area contributed by atoms with Crippen LogP contribution in [0.4, 0.5) is 5.69 Å². The van der Waals surface area contributed by atoms with Crippen LogP contribution in [0.1, 0.15) is 36.0 Å². The molecule has 1 aromatic rings. The molecule has 2 heterocycles. The van der Waals surface area contributed by atoms with Gasteiger partial charge in [0.05, 0.1) is 10.6 Å². The van der Waals surface area contributed by atoms with Crippen molar-refractivity contribution in [3.63, 3.8) is 0 Å². The molecule has 0 bridgehead atoms. The third-order valence-corrected chi connectivity index (χ3v) is 5.58. The maximum Gasteiger partial charge on any atom is 0.254 e. The Balaban J connectivity index is 0.00000243. The maximum atomic E-state index is 12.3. The fourth-order valence-corrected chi connectivity index (χ4v) is 4.08. The van der Waals surface area contributed by atoms with E-state index in [0.717, 1.165) is 25.3 Å². The van der Waals surface area contributed by atoms with E-state index in [-0.39, 0.29) is 18.3 Å². The Morgan fingerprint density at radius 2 is 2.00 bits per heavy atom. The monoisotopic (exact) mass is 400 g/mol. The minimum Gasteiger partial charge on any atom is -0.381 e. The Bertz CT molecular complexity index is 605. The first kappa shape index (κ1) is 21.3. The van der Waals surface area contributed by atoms with Gasteiger partial charge in [0.1, 0.15) is 0 Å². The number of hydrogen-bond acceptors (Lipinski definition) is 4. The summed E-state index contributed by atoms with van der Waals surface area (Å²) >= 11 is 6.21. The Hall–Kier alpha value is -1.01. The van der Waals surface area contributed by atoms with Gasteiger partial charge in [0.2, 0.25) is 0 Å². The van der Waals surface area contributed by atoms with Crippen LogP contribution in [0.5, 0.6) is 0 Å². The number of likely N-dealkylation sites (tertiary alicyclic amines) is 1. The van der Waals surface area contributed by atoms with Crippen LogP contribution >= 0.6 is 24.0 Å². The second-order valence-corrected chi connectivity index (χ2v) is 7.76. The van der Waals surface area contributed by atoms with Gasteiger partial charge in [0, 0.05) is 38.4 Å². The van der Waals surface area contributed by atoms with E-state index in [0.29, 0.717) is 22.7 Å². The Labute approximate surface area is 167 Å². The number of rotatable bonds is 4. The molecule has 0 radical (unpaired) electrons. The van der Waals surface area contributed by atoms with Crippen molar-refractivity contribution in [2.24, 2.45) is 0 Å². The van der Waals surface area contributed by atoms with Gasteiger partial charge in [-0.15, -0.1) is 12.4 Å². The van der Waals surface area contributed by atoms with Crippen molar-refractivity contribution >= 4 is 35.6 Å². The molecule has 26 heavy (non-hydrogen) atoms. The first-order valence-corrected chi connectivity index (χ1v) is 9.65. The van der Waals surface area contributed by atoms with E-state index in [1.807, 2.05) is 18.2 Å². The predicted molar refractivity (Wildman–Crippen MR) is 111 cm³/mol. The van der Waals surface area contributed by atoms with Gasteiger partial charge in [-0.3, -0.25) is 9.69 Å². The molecule has 146 valence electrons. The zero-order valence-electron chi connectivity index (χ0n) is 15.6. The van der Waals surface area contributed by atoms with Crippen molar-refractivity contribution in [2.75, 3.05) is 45.6 Å². The lowest BCUT2D eigenvalue weighted by Gasteiger charge is -2.40. The largest absolute Gasteiger partial charge is 0.381 e. The standard InChI is InChI=1S/C19H29ClN4O.ClH/c1-23(2)19(25)17-12-14(5-6-18(17)20)22-15-4-3-11-24(13-15)16-7-9-21-10-8-16;/h5-6,12,15-16,21-22H,3-4,7-11,13H2,1-2H3;1H/t15-;/m0./s1. The summed E-state index contributed by atoms with van der Waals surface area (Å²) in [6.45, 7) is 4.54. The van der Waals surface area contributed by atoms with E-state index in [4.69, 9.17) is 11.6 Å². The molecule has 2 saturated heterocycles. The van der Waals surface area contributed by atoms with Crippen LogP contribution in [-0.2, 0) is 0 Å². The van der Waals surface area contributed by atoms with Crippen LogP contribution in [0, 0.1) is 0 Å². The number of anilines is 1. The minimum atomic E-state index is -0.0615. The second-order valence-electron chi connectivity index (χ2n) is 7.35. The number of benzene rings is 1. The van der Waals surface area contributed by atoms with Crippen LogP contribution in [-0.4, -0.2) is 68.1 Å². The van der Waals surface area contributed by atoms with Gasteiger partial charge in [-0.1, -0.05) is 11.6 Å². The van der Waals surface area contributed by atoms with Crippen molar-refractivity contribution in [1.29, 1.82) is 0 Å². The van der Waals surface area contributed by atoms with Crippen molar-refractivity contribution in [3.8, 4) is 0 Å². The molecule has 2 fully saturated rings. The summed E-state index contributed by atoms with van der Waals surface area (Å²) in [7, 11) is 3.49. The van der Waals surface area contributed by atoms with Crippen molar-refractivity contribution in [1.82, 2.24) is 15.1 Å². The highest BCUT2D eigenvalue weighted by Crippen LogP contribution is 2.25. The number of nitrogens with one attached hydrogen (secondary N) is 2. The Morgan fingerprint density at radius 3 is 2.69 bits per heavy atom. The SMILES string of the molecule is CN(C)C(=O)c1cc(N[C@H]2CCCN(C3CCNCC3)C2)ccc1Cl.Cl. The van der Waals surface area contributed by atoms with Gasteiger partial charge in [0.15, 0.2) is 0 Å². The Kier molecular flexibility index (Phi) is 8.02. The molecule has 2 aliphatic rings. The zero-order chi connectivity index (χ0) is 17.8.